The van der Waals surface area contributed by atoms with Gasteiger partial charge in [0.25, 0.3) is 6.71 Å². The zero-order valence-corrected chi connectivity index (χ0v) is 19.1. The molecular weight excluding hydrogens is 415 g/mol. The molecule has 0 saturated heterocycles. The minimum atomic E-state index is -2.53. The summed E-state index contributed by atoms with van der Waals surface area (Å²) in [6.07, 6.45) is 0. The molecule has 5 aromatic rings. The second kappa shape index (κ2) is 7.09. The van der Waals surface area contributed by atoms with E-state index in [1.54, 1.807) is 0 Å². The zero-order valence-electron chi connectivity index (χ0n) is 18.1. The maximum atomic E-state index is 6.53. The van der Waals surface area contributed by atoms with E-state index in [9.17, 15) is 0 Å². The van der Waals surface area contributed by atoms with E-state index in [1.807, 2.05) is 0 Å². The molecule has 0 aromatic heterocycles. The molecule has 0 saturated carbocycles. The zero-order chi connectivity index (χ0) is 21.8. The van der Waals surface area contributed by atoms with Crippen molar-refractivity contribution < 1.29 is 4.74 Å². The smallest absolute Gasteiger partial charge is 0.250 e. The summed E-state index contributed by atoms with van der Waals surface area (Å²) in [7, 11) is -2.53. The summed E-state index contributed by atoms with van der Waals surface area (Å²) < 4.78 is 6.53. The third-order valence-electron chi connectivity index (χ3n) is 7.30. The largest absolute Gasteiger partial charge is 0.458 e. The molecule has 154 valence electrons. The number of ether oxygens (including phenoxy) is 1. The predicted octanol–water partition coefficient (Wildman–Crippen LogP) is 2.00. The lowest BCUT2D eigenvalue weighted by atomic mass is 9.35. The second-order valence-electron chi connectivity index (χ2n) is 8.86. The summed E-state index contributed by atoms with van der Waals surface area (Å²) in [6, 6.07) is 46.6. The van der Waals surface area contributed by atoms with Gasteiger partial charge in [-0.05, 0) is 43.8 Å². The van der Waals surface area contributed by atoms with Crippen molar-refractivity contribution in [2.24, 2.45) is 0 Å². The van der Waals surface area contributed by atoms with Crippen molar-refractivity contribution in [1.29, 1.82) is 0 Å². The Kier molecular flexibility index (Phi) is 4.02. The number of hydrogen-bond acceptors (Lipinski definition) is 1. The first-order valence-electron chi connectivity index (χ1n) is 11.5. The van der Waals surface area contributed by atoms with Gasteiger partial charge in [-0.1, -0.05) is 121 Å². The van der Waals surface area contributed by atoms with Crippen molar-refractivity contribution in [2.75, 3.05) is 0 Å². The molecule has 0 spiro atoms. The highest BCUT2D eigenvalue weighted by Gasteiger charge is 2.52. The number of para-hydroxylation sites is 1. The molecule has 1 nitrogen and oxygen atoms in total. The molecule has 5 aromatic carbocycles. The standard InChI is InChI=1S/C30H21BOSi/c1-3-12-22(13-4-1)33(23-14-5-2-6-15-23)28-20-10-8-17-25(28)31-24-16-7-9-18-26(24)32-27-19-11-21-29(33)30(27)31/h1-21H. The van der Waals surface area contributed by atoms with Crippen LogP contribution in [0.15, 0.2) is 127 Å². The van der Waals surface area contributed by atoms with Crippen LogP contribution in [0.1, 0.15) is 0 Å². The van der Waals surface area contributed by atoms with E-state index in [0.717, 1.165) is 11.5 Å². The van der Waals surface area contributed by atoms with Crippen LogP contribution in [0, 0.1) is 0 Å². The van der Waals surface area contributed by atoms with E-state index in [0.29, 0.717) is 0 Å². The van der Waals surface area contributed by atoms with Crippen molar-refractivity contribution in [2.45, 2.75) is 0 Å². The molecule has 3 heteroatoms. The van der Waals surface area contributed by atoms with Crippen LogP contribution in [-0.2, 0) is 0 Å². The summed E-state index contributed by atoms with van der Waals surface area (Å²) in [5.74, 6) is 1.96. The molecule has 0 aliphatic carbocycles. The normalized spacial score (nSPS) is 14.5. The van der Waals surface area contributed by atoms with Crippen LogP contribution in [0.2, 0.25) is 0 Å². The molecule has 0 fully saturated rings. The Morgan fingerprint density at radius 3 is 1.73 bits per heavy atom. The number of benzene rings is 5. The van der Waals surface area contributed by atoms with Crippen LogP contribution in [0.4, 0.5) is 0 Å². The number of fused-ring (bicyclic) bond motifs is 4. The summed E-state index contributed by atoms with van der Waals surface area (Å²) in [6.45, 7) is 0.186. The van der Waals surface area contributed by atoms with E-state index in [-0.39, 0.29) is 6.71 Å². The number of rotatable bonds is 2. The van der Waals surface area contributed by atoms with E-state index >= 15 is 0 Å². The summed E-state index contributed by atoms with van der Waals surface area (Å²) >= 11 is 0. The first-order chi connectivity index (χ1) is 16.4. The molecule has 0 amide bonds. The predicted molar refractivity (Wildman–Crippen MR) is 141 cm³/mol. The van der Waals surface area contributed by atoms with E-state index in [4.69, 9.17) is 4.74 Å². The summed E-state index contributed by atoms with van der Waals surface area (Å²) in [5, 5.41) is 5.74. The van der Waals surface area contributed by atoms with Crippen LogP contribution in [0.5, 0.6) is 11.5 Å². The lowest BCUT2D eigenvalue weighted by Crippen LogP contribution is -2.87. The van der Waals surface area contributed by atoms with Gasteiger partial charge in [0.2, 0.25) is 0 Å². The Bertz CT molecular complexity index is 1460. The Balaban J connectivity index is 1.68. The minimum absolute atomic E-state index is 0.186. The summed E-state index contributed by atoms with van der Waals surface area (Å²) in [5.41, 5.74) is 4.01. The summed E-state index contributed by atoms with van der Waals surface area (Å²) in [4.78, 5) is 0. The van der Waals surface area contributed by atoms with Crippen molar-refractivity contribution in [3.63, 3.8) is 0 Å². The molecule has 0 bridgehead atoms. The Labute approximate surface area is 195 Å². The highest BCUT2D eigenvalue weighted by Crippen LogP contribution is 2.26. The molecule has 0 N–H and O–H groups in total. The Hall–Kier alpha value is -3.82. The van der Waals surface area contributed by atoms with Gasteiger partial charge in [0.1, 0.15) is 11.5 Å². The average molecular weight is 436 g/mol. The maximum absolute atomic E-state index is 6.53. The van der Waals surface area contributed by atoms with Gasteiger partial charge in [-0.2, -0.15) is 0 Å². The number of hydrogen-bond donors (Lipinski definition) is 0. The van der Waals surface area contributed by atoms with Crippen molar-refractivity contribution >= 4 is 51.9 Å². The van der Waals surface area contributed by atoms with E-state index < -0.39 is 8.07 Å². The van der Waals surface area contributed by atoms with Crippen LogP contribution in [0.3, 0.4) is 0 Å². The molecule has 2 aliphatic rings. The second-order valence-corrected chi connectivity index (χ2v) is 12.6. The molecule has 0 atom stereocenters. The lowest BCUT2D eigenvalue weighted by molar-refractivity contribution is 0.488. The van der Waals surface area contributed by atoms with Crippen molar-refractivity contribution in [1.82, 2.24) is 0 Å². The van der Waals surface area contributed by atoms with Crippen LogP contribution < -0.4 is 41.9 Å². The Morgan fingerprint density at radius 2 is 1.00 bits per heavy atom. The fourth-order valence-corrected chi connectivity index (χ4v) is 11.3. The van der Waals surface area contributed by atoms with Gasteiger partial charge in [-0.25, -0.2) is 0 Å². The van der Waals surface area contributed by atoms with Gasteiger partial charge < -0.3 is 4.74 Å². The van der Waals surface area contributed by atoms with E-state index in [2.05, 4.69) is 127 Å². The van der Waals surface area contributed by atoms with E-state index in [1.165, 1.54) is 37.1 Å². The molecule has 7 rings (SSSR count). The van der Waals surface area contributed by atoms with Crippen molar-refractivity contribution in [3.8, 4) is 11.5 Å². The topological polar surface area (TPSA) is 9.23 Å². The fraction of sp³-hybridized carbons (Fsp3) is 0. The van der Waals surface area contributed by atoms with Gasteiger partial charge in [-0.15, -0.1) is 0 Å². The van der Waals surface area contributed by atoms with Crippen molar-refractivity contribution in [3.05, 3.63) is 127 Å². The minimum Gasteiger partial charge on any atom is -0.458 e. The fourth-order valence-electron chi connectivity index (χ4n) is 6.07. The lowest BCUT2D eigenvalue weighted by Gasteiger charge is -2.44. The van der Waals surface area contributed by atoms with Crippen LogP contribution in [0.25, 0.3) is 0 Å². The first kappa shape index (κ1) is 18.7. The first-order valence-corrected chi connectivity index (χ1v) is 13.5. The van der Waals surface area contributed by atoms with Gasteiger partial charge in [0.05, 0.1) is 0 Å². The van der Waals surface area contributed by atoms with Gasteiger partial charge >= 0.3 is 0 Å². The molecule has 0 unspecified atom stereocenters. The monoisotopic (exact) mass is 436 g/mol. The highest BCUT2D eigenvalue weighted by molar-refractivity contribution is 7.26. The van der Waals surface area contributed by atoms with Gasteiger partial charge in [0.15, 0.2) is 8.07 Å². The molecule has 2 aliphatic heterocycles. The molecule has 2 heterocycles. The third-order valence-corrected chi connectivity index (χ3v) is 12.2. The van der Waals surface area contributed by atoms with Crippen LogP contribution >= 0.6 is 0 Å². The molecule has 33 heavy (non-hydrogen) atoms. The maximum Gasteiger partial charge on any atom is 0.250 e. The third kappa shape index (κ3) is 2.48. The highest BCUT2D eigenvalue weighted by atomic mass is 28.3. The average Bonchev–Trinajstić information content (AvgIpc) is 2.90. The van der Waals surface area contributed by atoms with Crippen LogP contribution in [-0.4, -0.2) is 14.8 Å². The van der Waals surface area contributed by atoms with Gasteiger partial charge in [0, 0.05) is 0 Å². The van der Waals surface area contributed by atoms with Gasteiger partial charge in [-0.3, -0.25) is 0 Å². The quantitative estimate of drug-likeness (QED) is 0.377. The molecular formula is C30H21BOSi. The Morgan fingerprint density at radius 1 is 0.455 bits per heavy atom. The molecule has 0 radical (unpaired) electrons. The SMILES string of the molecule is c1ccc([Si]2(c3ccccc3)c3ccccc3B3c4ccccc4Oc4cccc2c43)cc1.